The van der Waals surface area contributed by atoms with E-state index in [1.54, 1.807) is 13.0 Å². The second-order valence-electron chi connectivity index (χ2n) is 2.45. The number of hydrogen-bond acceptors (Lipinski definition) is 2. The summed E-state index contributed by atoms with van der Waals surface area (Å²) in [4.78, 5) is 0.0285. The van der Waals surface area contributed by atoms with E-state index in [2.05, 4.69) is 0 Å². The van der Waals surface area contributed by atoms with Gasteiger partial charge in [-0.25, -0.2) is 8.42 Å². The van der Waals surface area contributed by atoms with Crippen molar-refractivity contribution in [1.29, 1.82) is 0 Å². The van der Waals surface area contributed by atoms with Crippen LogP contribution in [-0.2, 0) is 9.84 Å². The topological polar surface area (TPSA) is 34.1 Å². The Labute approximate surface area is 87.4 Å². The molecule has 72 valence electrons. The molecule has 0 bridgehead atoms. The van der Waals surface area contributed by atoms with E-state index >= 15 is 0 Å². The van der Waals surface area contributed by atoms with Crippen LogP contribution in [0, 0.1) is 0 Å². The maximum Gasteiger partial charge on any atom is 0.181 e. The molecular weight excluding hydrogens is 231 g/mol. The predicted molar refractivity (Wildman–Crippen MR) is 54.2 cm³/mol. The predicted octanol–water partition coefficient (Wildman–Crippen LogP) is 2.79. The number of hydrogen-bond donors (Lipinski definition) is 0. The molecule has 5 heteroatoms. The van der Waals surface area contributed by atoms with Crippen molar-refractivity contribution in [2.24, 2.45) is 0 Å². The molecule has 0 heterocycles. The molecule has 0 saturated heterocycles. The van der Waals surface area contributed by atoms with E-state index in [-0.39, 0.29) is 20.7 Å². The molecule has 0 radical (unpaired) electrons. The monoisotopic (exact) mass is 238 g/mol. The Hall–Kier alpha value is -0.250. The lowest BCUT2D eigenvalue weighted by atomic mass is 10.4. The molecule has 0 amide bonds. The zero-order chi connectivity index (χ0) is 10.1. The largest absolute Gasteiger partial charge is 0.224 e. The van der Waals surface area contributed by atoms with E-state index in [1.165, 1.54) is 12.1 Å². The first-order valence-electron chi connectivity index (χ1n) is 3.66. The highest BCUT2D eigenvalue weighted by Crippen LogP contribution is 2.29. The van der Waals surface area contributed by atoms with Crippen LogP contribution in [0.4, 0.5) is 0 Å². The molecule has 0 aromatic heterocycles. The first-order chi connectivity index (χ1) is 5.99. The minimum Gasteiger partial charge on any atom is -0.224 e. The summed E-state index contributed by atoms with van der Waals surface area (Å²) in [6, 6.07) is 4.63. The van der Waals surface area contributed by atoms with Crippen molar-refractivity contribution in [3.05, 3.63) is 28.2 Å². The van der Waals surface area contributed by atoms with Gasteiger partial charge in [0.25, 0.3) is 0 Å². The molecule has 0 unspecified atom stereocenters. The molecule has 0 aliphatic rings. The summed E-state index contributed by atoms with van der Waals surface area (Å²) in [5.41, 5.74) is 0. The van der Waals surface area contributed by atoms with Crippen LogP contribution in [0.25, 0.3) is 0 Å². The van der Waals surface area contributed by atoms with E-state index in [1.807, 2.05) is 0 Å². The Morgan fingerprint density at radius 3 is 2.08 bits per heavy atom. The summed E-state index contributed by atoms with van der Waals surface area (Å²) in [6.45, 7) is 1.55. The summed E-state index contributed by atoms with van der Waals surface area (Å²) < 4.78 is 22.9. The van der Waals surface area contributed by atoms with E-state index in [4.69, 9.17) is 23.2 Å². The highest BCUT2D eigenvalue weighted by atomic mass is 35.5. The number of benzene rings is 1. The lowest BCUT2D eigenvalue weighted by molar-refractivity contribution is 0.597. The summed E-state index contributed by atoms with van der Waals surface area (Å²) in [7, 11) is -3.32. The van der Waals surface area contributed by atoms with Gasteiger partial charge in [-0.1, -0.05) is 36.2 Å². The molecule has 0 aliphatic carbocycles. The molecule has 1 aromatic rings. The summed E-state index contributed by atoms with van der Waals surface area (Å²) >= 11 is 11.5. The highest BCUT2D eigenvalue weighted by molar-refractivity contribution is 7.91. The maximum absolute atomic E-state index is 11.5. The molecule has 2 nitrogen and oxygen atoms in total. The van der Waals surface area contributed by atoms with Gasteiger partial charge in [0.2, 0.25) is 0 Å². The van der Waals surface area contributed by atoms with Crippen LogP contribution in [0.15, 0.2) is 23.1 Å². The van der Waals surface area contributed by atoms with Gasteiger partial charge in [0, 0.05) is 0 Å². The standard InChI is InChI=1S/C8H8Cl2O2S/c1-2-13(11,12)8-6(9)4-3-5-7(8)10/h3-5H,2H2,1H3. The third kappa shape index (κ3) is 2.16. The summed E-state index contributed by atoms with van der Waals surface area (Å²) in [5, 5.41) is 0.351. The summed E-state index contributed by atoms with van der Waals surface area (Å²) in [5.74, 6) is -0.00352. The van der Waals surface area contributed by atoms with Crippen molar-refractivity contribution in [2.45, 2.75) is 11.8 Å². The van der Waals surface area contributed by atoms with Gasteiger partial charge >= 0.3 is 0 Å². The Bertz CT molecular complexity index is 392. The molecule has 0 N–H and O–H groups in total. The SMILES string of the molecule is CCS(=O)(=O)c1c(Cl)cccc1Cl. The molecule has 0 spiro atoms. The van der Waals surface area contributed by atoms with Gasteiger partial charge in [-0.3, -0.25) is 0 Å². The van der Waals surface area contributed by atoms with Gasteiger partial charge in [-0.15, -0.1) is 0 Å². The molecule has 0 atom stereocenters. The van der Waals surface area contributed by atoms with E-state index in [9.17, 15) is 8.42 Å². The minimum absolute atomic E-state index is 0.00352. The van der Waals surface area contributed by atoms with E-state index in [0.29, 0.717) is 0 Å². The molecule has 1 rings (SSSR count). The van der Waals surface area contributed by atoms with Crippen molar-refractivity contribution in [3.8, 4) is 0 Å². The highest BCUT2D eigenvalue weighted by Gasteiger charge is 2.18. The zero-order valence-electron chi connectivity index (χ0n) is 6.92. The van der Waals surface area contributed by atoms with Gasteiger partial charge in [0.1, 0.15) is 4.90 Å². The van der Waals surface area contributed by atoms with Crippen LogP contribution in [0.2, 0.25) is 10.0 Å². The van der Waals surface area contributed by atoms with Crippen molar-refractivity contribution in [1.82, 2.24) is 0 Å². The molecule has 0 aliphatic heterocycles. The average molecular weight is 239 g/mol. The fourth-order valence-electron chi connectivity index (χ4n) is 0.924. The van der Waals surface area contributed by atoms with Gasteiger partial charge in [-0.2, -0.15) is 0 Å². The minimum atomic E-state index is -3.32. The van der Waals surface area contributed by atoms with Gasteiger partial charge < -0.3 is 0 Å². The van der Waals surface area contributed by atoms with Crippen LogP contribution < -0.4 is 0 Å². The van der Waals surface area contributed by atoms with Gasteiger partial charge in [0.15, 0.2) is 9.84 Å². The fraction of sp³-hybridized carbons (Fsp3) is 0.250. The van der Waals surface area contributed by atoms with Crippen LogP contribution in [0.1, 0.15) is 6.92 Å². The fourth-order valence-corrected chi connectivity index (χ4v) is 3.05. The molecule has 13 heavy (non-hydrogen) atoms. The van der Waals surface area contributed by atoms with Crippen molar-refractivity contribution in [2.75, 3.05) is 5.75 Å². The van der Waals surface area contributed by atoms with Gasteiger partial charge in [-0.05, 0) is 12.1 Å². The van der Waals surface area contributed by atoms with Crippen molar-refractivity contribution in [3.63, 3.8) is 0 Å². The second-order valence-corrected chi connectivity index (χ2v) is 5.48. The van der Waals surface area contributed by atoms with Crippen molar-refractivity contribution >= 4 is 33.0 Å². The molecule has 1 aromatic carbocycles. The number of sulfone groups is 1. The third-order valence-electron chi connectivity index (χ3n) is 1.61. The molecule has 0 fully saturated rings. The average Bonchev–Trinajstić information content (AvgIpc) is 2.03. The van der Waals surface area contributed by atoms with E-state index < -0.39 is 9.84 Å². The Kier molecular flexibility index (Phi) is 3.22. The first-order valence-corrected chi connectivity index (χ1v) is 6.06. The summed E-state index contributed by atoms with van der Waals surface area (Å²) in [6.07, 6.45) is 0. The third-order valence-corrected chi connectivity index (χ3v) is 4.29. The Balaban J connectivity index is 3.46. The Morgan fingerprint density at radius 1 is 1.23 bits per heavy atom. The maximum atomic E-state index is 11.5. The smallest absolute Gasteiger partial charge is 0.181 e. The molecule has 0 saturated carbocycles. The number of rotatable bonds is 2. The normalized spacial score (nSPS) is 11.6. The zero-order valence-corrected chi connectivity index (χ0v) is 9.25. The first kappa shape index (κ1) is 10.8. The van der Waals surface area contributed by atoms with Gasteiger partial charge in [0.05, 0.1) is 15.8 Å². The second kappa shape index (κ2) is 3.86. The lowest BCUT2D eigenvalue weighted by Gasteiger charge is -2.05. The molecular formula is C8H8Cl2O2S. The van der Waals surface area contributed by atoms with Crippen molar-refractivity contribution < 1.29 is 8.42 Å². The number of halogens is 2. The van der Waals surface area contributed by atoms with E-state index in [0.717, 1.165) is 0 Å². The quantitative estimate of drug-likeness (QED) is 0.795. The van der Waals surface area contributed by atoms with Crippen LogP contribution in [0.5, 0.6) is 0 Å². The lowest BCUT2D eigenvalue weighted by Crippen LogP contribution is -2.05. The van der Waals surface area contributed by atoms with Crippen LogP contribution >= 0.6 is 23.2 Å². The van der Waals surface area contributed by atoms with Crippen LogP contribution in [-0.4, -0.2) is 14.2 Å². The Morgan fingerprint density at radius 2 is 1.69 bits per heavy atom. The van der Waals surface area contributed by atoms with Crippen LogP contribution in [0.3, 0.4) is 0 Å².